The molecule has 0 radical (unpaired) electrons. The van der Waals surface area contributed by atoms with Crippen LogP contribution in [0.1, 0.15) is 28.8 Å². The fourth-order valence-electron chi connectivity index (χ4n) is 4.38. The van der Waals surface area contributed by atoms with E-state index in [1.165, 1.54) is 12.1 Å². The van der Waals surface area contributed by atoms with Crippen LogP contribution in [0, 0.1) is 0 Å². The van der Waals surface area contributed by atoms with Crippen molar-refractivity contribution in [2.24, 2.45) is 0 Å². The first-order chi connectivity index (χ1) is 16.7. The number of alkyl halides is 3. The van der Waals surface area contributed by atoms with Gasteiger partial charge in [-0.1, -0.05) is 11.6 Å². The Morgan fingerprint density at radius 1 is 1.09 bits per heavy atom. The van der Waals surface area contributed by atoms with Gasteiger partial charge in [-0.25, -0.2) is 4.98 Å². The van der Waals surface area contributed by atoms with Crippen molar-refractivity contribution < 1.29 is 22.7 Å². The number of hydrogen-bond acceptors (Lipinski definition) is 5. The Morgan fingerprint density at radius 3 is 2.46 bits per heavy atom. The molecule has 2 aliphatic rings. The zero-order valence-corrected chi connectivity index (χ0v) is 19.3. The van der Waals surface area contributed by atoms with Gasteiger partial charge in [-0.05, 0) is 79.1 Å². The van der Waals surface area contributed by atoms with Gasteiger partial charge in [0.2, 0.25) is 0 Å². The van der Waals surface area contributed by atoms with Gasteiger partial charge < -0.3 is 15.0 Å². The second kappa shape index (κ2) is 9.05. The molecular formula is C25H22ClF3N4O2. The summed E-state index contributed by atoms with van der Waals surface area (Å²) in [6.45, 7) is 2.12. The van der Waals surface area contributed by atoms with E-state index in [1.807, 2.05) is 12.1 Å². The molecule has 35 heavy (non-hydrogen) atoms. The number of ether oxygens (including phenoxy) is 1. The number of halogens is 4. The van der Waals surface area contributed by atoms with Crippen molar-refractivity contribution in [3.05, 3.63) is 83.0 Å². The molecule has 5 rings (SSSR count). The number of carbonyl (C=O) groups excluding carboxylic acids is 1. The fourth-order valence-corrected chi connectivity index (χ4v) is 4.51. The first-order valence-corrected chi connectivity index (χ1v) is 11.4. The van der Waals surface area contributed by atoms with Crippen molar-refractivity contribution in [2.75, 3.05) is 23.4 Å². The highest BCUT2D eigenvalue weighted by Crippen LogP contribution is 2.48. The van der Waals surface area contributed by atoms with Gasteiger partial charge in [0, 0.05) is 41.1 Å². The number of aromatic nitrogens is 1. The van der Waals surface area contributed by atoms with Crippen molar-refractivity contribution in [3.8, 4) is 5.75 Å². The largest absolute Gasteiger partial charge is 0.573 e. The molecule has 0 bridgehead atoms. The lowest BCUT2D eigenvalue weighted by atomic mass is 10.2. The summed E-state index contributed by atoms with van der Waals surface area (Å²) in [5, 5.41) is 3.38. The molecule has 2 fully saturated rings. The molecule has 2 heterocycles. The zero-order chi connectivity index (χ0) is 24.6. The van der Waals surface area contributed by atoms with Gasteiger partial charge >= 0.3 is 6.36 Å². The summed E-state index contributed by atoms with van der Waals surface area (Å²) >= 11 is 5.89. The van der Waals surface area contributed by atoms with E-state index in [9.17, 15) is 18.0 Å². The minimum Gasteiger partial charge on any atom is -0.406 e. The summed E-state index contributed by atoms with van der Waals surface area (Å²) in [5.74, 6) is -0.0396. The van der Waals surface area contributed by atoms with Crippen LogP contribution in [0.25, 0.3) is 0 Å². The quantitative estimate of drug-likeness (QED) is 0.469. The molecule has 0 unspecified atom stereocenters. The number of nitrogens with zero attached hydrogens (tertiary/aromatic N) is 3. The van der Waals surface area contributed by atoms with Crippen molar-refractivity contribution in [1.29, 1.82) is 0 Å². The molecule has 1 saturated carbocycles. The molecular weight excluding hydrogens is 481 g/mol. The van der Waals surface area contributed by atoms with E-state index >= 15 is 0 Å². The third kappa shape index (κ3) is 5.52. The summed E-state index contributed by atoms with van der Waals surface area (Å²) in [5.41, 5.74) is 2.39. The first-order valence-electron chi connectivity index (χ1n) is 11.1. The predicted molar refractivity (Wildman–Crippen MR) is 126 cm³/mol. The molecule has 1 saturated heterocycles. The summed E-state index contributed by atoms with van der Waals surface area (Å²) in [6.07, 6.45) is -0.921. The van der Waals surface area contributed by atoms with Crippen LogP contribution in [0.15, 0.2) is 66.9 Å². The Morgan fingerprint density at radius 2 is 1.80 bits per heavy atom. The third-order valence-corrected chi connectivity index (χ3v) is 6.56. The van der Waals surface area contributed by atoms with Gasteiger partial charge in [-0.15, -0.1) is 13.2 Å². The van der Waals surface area contributed by atoms with Crippen molar-refractivity contribution in [2.45, 2.75) is 31.3 Å². The molecule has 6 nitrogen and oxygen atoms in total. The molecule has 1 aliphatic heterocycles. The average molecular weight is 503 g/mol. The zero-order valence-electron chi connectivity index (χ0n) is 18.6. The topological polar surface area (TPSA) is 57.7 Å². The minimum absolute atomic E-state index is 0.0527. The SMILES string of the molecule is O=C(Nc1cc(CN2CN(c3ccc(OC(F)(F)F)cc3)CC23CC3)ccn1)c1ccc(Cl)cc1. The van der Waals surface area contributed by atoms with Crippen molar-refractivity contribution >= 4 is 29.0 Å². The number of rotatable bonds is 6. The van der Waals surface area contributed by atoms with Crippen LogP contribution in [0.2, 0.25) is 5.02 Å². The predicted octanol–water partition coefficient (Wildman–Crippen LogP) is 5.70. The monoisotopic (exact) mass is 502 g/mol. The van der Waals surface area contributed by atoms with Crippen LogP contribution < -0.4 is 15.0 Å². The maximum absolute atomic E-state index is 12.5. The standard InChI is InChI=1S/C25H22ClF3N4O2/c26-19-3-1-18(2-4-19)23(34)31-22-13-17(9-12-30-22)14-33-16-32(15-24(33)10-11-24)20-5-7-21(8-6-20)35-25(27,28)29/h1-9,12-13H,10-11,14-16H2,(H,30,31,34). The first kappa shape index (κ1) is 23.4. The van der Waals surface area contributed by atoms with Crippen molar-refractivity contribution in [3.63, 3.8) is 0 Å². The Kier molecular flexibility index (Phi) is 6.06. The number of nitrogens with one attached hydrogen (secondary N) is 1. The average Bonchev–Trinajstić information content (AvgIpc) is 3.50. The van der Waals surface area contributed by atoms with Crippen LogP contribution in [-0.2, 0) is 6.54 Å². The van der Waals surface area contributed by atoms with Gasteiger partial charge in [-0.3, -0.25) is 9.69 Å². The Balaban J connectivity index is 1.24. The van der Waals surface area contributed by atoms with Crippen LogP contribution in [-0.4, -0.2) is 40.9 Å². The van der Waals surface area contributed by atoms with E-state index in [-0.39, 0.29) is 17.2 Å². The molecule has 3 aromatic rings. The van der Waals surface area contributed by atoms with E-state index in [1.54, 1.807) is 42.6 Å². The van der Waals surface area contributed by atoms with Gasteiger partial charge in [-0.2, -0.15) is 0 Å². The lowest BCUT2D eigenvalue weighted by molar-refractivity contribution is -0.274. The van der Waals surface area contributed by atoms with Crippen LogP contribution >= 0.6 is 11.6 Å². The highest BCUT2D eigenvalue weighted by Gasteiger charge is 2.53. The summed E-state index contributed by atoms with van der Waals surface area (Å²) in [7, 11) is 0. The van der Waals surface area contributed by atoms with E-state index in [0.29, 0.717) is 29.6 Å². The van der Waals surface area contributed by atoms with E-state index in [2.05, 4.69) is 24.8 Å². The van der Waals surface area contributed by atoms with E-state index < -0.39 is 6.36 Å². The van der Waals surface area contributed by atoms with Gasteiger partial charge in [0.1, 0.15) is 11.6 Å². The molecule has 1 amide bonds. The minimum atomic E-state index is -4.71. The molecule has 1 aromatic heterocycles. The second-order valence-electron chi connectivity index (χ2n) is 8.81. The molecule has 1 spiro atoms. The van der Waals surface area contributed by atoms with E-state index in [0.717, 1.165) is 30.6 Å². The summed E-state index contributed by atoms with van der Waals surface area (Å²) < 4.78 is 41.3. The molecule has 1 aliphatic carbocycles. The number of carbonyl (C=O) groups is 1. The third-order valence-electron chi connectivity index (χ3n) is 6.31. The maximum atomic E-state index is 12.5. The van der Waals surface area contributed by atoms with E-state index in [4.69, 9.17) is 11.6 Å². The summed E-state index contributed by atoms with van der Waals surface area (Å²) in [6, 6.07) is 16.4. The number of benzene rings is 2. The number of anilines is 2. The lowest BCUT2D eigenvalue weighted by Crippen LogP contribution is -2.32. The molecule has 1 N–H and O–H groups in total. The normalized spacial score (nSPS) is 17.0. The lowest BCUT2D eigenvalue weighted by Gasteiger charge is -2.23. The smallest absolute Gasteiger partial charge is 0.406 e. The molecule has 2 aromatic carbocycles. The Hall–Kier alpha value is -3.30. The highest BCUT2D eigenvalue weighted by atomic mass is 35.5. The van der Waals surface area contributed by atoms with Crippen LogP contribution in [0.5, 0.6) is 5.75 Å². The molecule has 0 atom stereocenters. The Labute approximate surface area is 205 Å². The number of pyridine rings is 1. The van der Waals surface area contributed by atoms with Gasteiger partial charge in [0.15, 0.2) is 0 Å². The van der Waals surface area contributed by atoms with Gasteiger partial charge in [0.25, 0.3) is 5.91 Å². The fraction of sp³-hybridized carbons (Fsp3) is 0.280. The van der Waals surface area contributed by atoms with Crippen LogP contribution in [0.4, 0.5) is 24.7 Å². The maximum Gasteiger partial charge on any atom is 0.573 e. The number of hydrogen-bond donors (Lipinski definition) is 1. The van der Waals surface area contributed by atoms with Crippen molar-refractivity contribution in [1.82, 2.24) is 9.88 Å². The number of amides is 1. The second-order valence-corrected chi connectivity index (χ2v) is 9.25. The Bertz CT molecular complexity index is 1210. The molecule has 10 heteroatoms. The highest BCUT2D eigenvalue weighted by molar-refractivity contribution is 6.30. The van der Waals surface area contributed by atoms with Gasteiger partial charge in [0.05, 0.1) is 6.67 Å². The van der Waals surface area contributed by atoms with Crippen LogP contribution in [0.3, 0.4) is 0 Å². The molecule has 182 valence electrons. The summed E-state index contributed by atoms with van der Waals surface area (Å²) in [4.78, 5) is 21.3.